The van der Waals surface area contributed by atoms with Crippen molar-refractivity contribution < 1.29 is 4.79 Å². The maximum atomic E-state index is 13.5. The molecule has 1 fully saturated rings. The highest BCUT2D eigenvalue weighted by Crippen LogP contribution is 2.30. The van der Waals surface area contributed by atoms with Crippen LogP contribution >= 0.6 is 11.8 Å². The number of aromatic nitrogens is 3. The van der Waals surface area contributed by atoms with Crippen molar-refractivity contribution in [3.63, 3.8) is 0 Å². The third-order valence-corrected chi connectivity index (χ3v) is 6.23. The van der Waals surface area contributed by atoms with Crippen molar-refractivity contribution in [2.45, 2.75) is 37.4 Å². The van der Waals surface area contributed by atoms with E-state index in [1.165, 1.54) is 0 Å². The third kappa shape index (κ3) is 3.94. The van der Waals surface area contributed by atoms with E-state index in [4.69, 9.17) is 0 Å². The molecular formula is C23H26N4OS. The van der Waals surface area contributed by atoms with E-state index in [1.54, 1.807) is 11.8 Å². The molecule has 1 unspecified atom stereocenters. The Hall–Kier alpha value is -2.60. The van der Waals surface area contributed by atoms with Crippen LogP contribution < -0.4 is 0 Å². The topological polar surface area (TPSA) is 51.0 Å². The fourth-order valence-electron chi connectivity index (χ4n) is 4.13. The monoisotopic (exact) mass is 406 g/mol. The first kappa shape index (κ1) is 19.7. The van der Waals surface area contributed by atoms with E-state index < -0.39 is 0 Å². The predicted molar refractivity (Wildman–Crippen MR) is 117 cm³/mol. The van der Waals surface area contributed by atoms with Crippen molar-refractivity contribution in [1.29, 1.82) is 0 Å². The molecule has 0 spiro atoms. The Kier molecular flexibility index (Phi) is 6.00. The second-order valence-electron chi connectivity index (χ2n) is 7.29. The fraction of sp³-hybridized carbons (Fsp3) is 0.348. The van der Waals surface area contributed by atoms with E-state index >= 15 is 0 Å². The lowest BCUT2D eigenvalue weighted by molar-refractivity contribution is 0.0704. The molecule has 0 saturated carbocycles. The molecule has 0 bridgehead atoms. The first-order valence-electron chi connectivity index (χ1n) is 10.1. The van der Waals surface area contributed by atoms with Gasteiger partial charge in [0, 0.05) is 31.1 Å². The number of nitrogens with zero attached hydrogens (tertiary/aromatic N) is 4. The number of rotatable bonds is 5. The summed E-state index contributed by atoms with van der Waals surface area (Å²) >= 11 is 1.62. The molecule has 0 radical (unpaired) electrons. The van der Waals surface area contributed by atoms with E-state index in [0.717, 1.165) is 53.6 Å². The number of thioether (sulfide) groups is 1. The molecule has 3 aromatic rings. The van der Waals surface area contributed by atoms with E-state index in [9.17, 15) is 4.79 Å². The molecule has 1 aliphatic rings. The predicted octanol–water partition coefficient (Wildman–Crippen LogP) is 4.71. The molecule has 150 valence electrons. The highest BCUT2D eigenvalue weighted by Gasteiger charge is 2.30. The summed E-state index contributed by atoms with van der Waals surface area (Å²) < 4.78 is 2.18. The summed E-state index contributed by atoms with van der Waals surface area (Å²) in [5.74, 6) is 1.33. The highest BCUT2D eigenvalue weighted by atomic mass is 32.2. The van der Waals surface area contributed by atoms with Gasteiger partial charge < -0.3 is 9.47 Å². The molecule has 6 heteroatoms. The molecule has 1 atom stereocenters. The van der Waals surface area contributed by atoms with Crippen LogP contribution in [-0.2, 0) is 6.54 Å². The number of carbonyl (C=O) groups is 1. The van der Waals surface area contributed by atoms with Gasteiger partial charge in [0.05, 0.1) is 0 Å². The molecule has 1 saturated heterocycles. The highest BCUT2D eigenvalue weighted by molar-refractivity contribution is 7.98. The molecule has 2 heterocycles. The van der Waals surface area contributed by atoms with Gasteiger partial charge in [-0.25, -0.2) is 0 Å². The Morgan fingerprint density at radius 2 is 1.86 bits per heavy atom. The summed E-state index contributed by atoms with van der Waals surface area (Å²) in [4.78, 5) is 15.5. The van der Waals surface area contributed by atoms with Crippen LogP contribution in [0.4, 0.5) is 0 Å². The first-order chi connectivity index (χ1) is 14.2. The number of carbonyl (C=O) groups excluding carboxylic acids is 1. The van der Waals surface area contributed by atoms with E-state index in [0.29, 0.717) is 6.54 Å². The Bertz CT molecular complexity index is 986. The van der Waals surface area contributed by atoms with Crippen LogP contribution in [-0.4, -0.2) is 44.9 Å². The van der Waals surface area contributed by atoms with Gasteiger partial charge in [-0.2, -0.15) is 0 Å². The first-order valence-corrected chi connectivity index (χ1v) is 11.4. The SMILES string of the molecule is CCn1c(SC)nnc1C1CCCN(C(=O)c2ccccc2-c2ccccc2)C1. The standard InChI is InChI=1S/C23H26N4OS/c1-3-27-21(24-25-23(27)29-2)18-12-9-15-26(16-18)22(28)20-14-8-7-13-19(20)17-10-5-4-6-11-17/h4-8,10-11,13-14,18H,3,9,12,15-16H2,1-2H3. The smallest absolute Gasteiger partial charge is 0.254 e. The van der Waals surface area contributed by atoms with Crippen LogP contribution in [0, 0.1) is 0 Å². The lowest BCUT2D eigenvalue weighted by atomic mass is 9.94. The zero-order valence-electron chi connectivity index (χ0n) is 16.9. The van der Waals surface area contributed by atoms with Crippen molar-refractivity contribution in [2.75, 3.05) is 19.3 Å². The summed E-state index contributed by atoms with van der Waals surface area (Å²) in [5.41, 5.74) is 2.82. The largest absolute Gasteiger partial charge is 0.338 e. The van der Waals surface area contributed by atoms with Crippen molar-refractivity contribution in [1.82, 2.24) is 19.7 Å². The summed E-state index contributed by atoms with van der Waals surface area (Å²) in [6.45, 7) is 4.44. The van der Waals surface area contributed by atoms with Gasteiger partial charge in [0.15, 0.2) is 5.16 Å². The van der Waals surface area contributed by atoms with Gasteiger partial charge in [0.1, 0.15) is 5.82 Å². The molecule has 29 heavy (non-hydrogen) atoms. The molecule has 5 nitrogen and oxygen atoms in total. The quantitative estimate of drug-likeness (QED) is 0.576. The fourth-order valence-corrected chi connectivity index (χ4v) is 4.70. The minimum atomic E-state index is 0.0989. The van der Waals surface area contributed by atoms with E-state index in [1.807, 2.05) is 53.6 Å². The van der Waals surface area contributed by atoms with Crippen LogP contribution in [0.5, 0.6) is 0 Å². The van der Waals surface area contributed by atoms with Crippen LogP contribution in [0.3, 0.4) is 0 Å². The van der Waals surface area contributed by atoms with Gasteiger partial charge in [-0.1, -0.05) is 60.3 Å². The third-order valence-electron chi connectivity index (χ3n) is 5.56. The Labute approximate surface area is 176 Å². The molecule has 2 aromatic carbocycles. The maximum absolute atomic E-state index is 13.5. The van der Waals surface area contributed by atoms with Crippen LogP contribution in [0.2, 0.25) is 0 Å². The summed E-state index contributed by atoms with van der Waals surface area (Å²) in [6.07, 6.45) is 4.04. The number of hydrogen-bond donors (Lipinski definition) is 0. The average molecular weight is 407 g/mol. The summed E-state index contributed by atoms with van der Waals surface area (Å²) in [5, 5.41) is 9.75. The van der Waals surface area contributed by atoms with Gasteiger partial charge in [-0.15, -0.1) is 10.2 Å². The van der Waals surface area contributed by atoms with Crippen molar-refractivity contribution in [2.24, 2.45) is 0 Å². The summed E-state index contributed by atoms with van der Waals surface area (Å²) in [7, 11) is 0. The molecule has 1 aliphatic heterocycles. The minimum absolute atomic E-state index is 0.0989. The number of piperidine rings is 1. The van der Waals surface area contributed by atoms with Crippen molar-refractivity contribution in [3.05, 3.63) is 66.0 Å². The lowest BCUT2D eigenvalue weighted by Crippen LogP contribution is -2.40. The average Bonchev–Trinajstić information content (AvgIpc) is 3.22. The number of benzene rings is 2. The number of hydrogen-bond acceptors (Lipinski definition) is 4. The molecular weight excluding hydrogens is 380 g/mol. The van der Waals surface area contributed by atoms with Gasteiger partial charge in [0.25, 0.3) is 5.91 Å². The Morgan fingerprint density at radius 1 is 1.10 bits per heavy atom. The number of amides is 1. The summed E-state index contributed by atoms with van der Waals surface area (Å²) in [6, 6.07) is 18.0. The molecule has 0 N–H and O–H groups in total. The van der Waals surface area contributed by atoms with Gasteiger partial charge in [-0.3, -0.25) is 4.79 Å². The molecule has 0 aliphatic carbocycles. The van der Waals surface area contributed by atoms with Crippen LogP contribution in [0.1, 0.15) is 41.9 Å². The van der Waals surface area contributed by atoms with Crippen molar-refractivity contribution in [3.8, 4) is 11.1 Å². The van der Waals surface area contributed by atoms with Gasteiger partial charge in [-0.05, 0) is 43.2 Å². The second-order valence-corrected chi connectivity index (χ2v) is 8.06. The van der Waals surface area contributed by atoms with Crippen molar-refractivity contribution >= 4 is 17.7 Å². The van der Waals surface area contributed by atoms with E-state index in [-0.39, 0.29) is 11.8 Å². The molecule has 1 amide bonds. The minimum Gasteiger partial charge on any atom is -0.338 e. The zero-order valence-corrected chi connectivity index (χ0v) is 17.7. The van der Waals surface area contributed by atoms with Gasteiger partial charge in [0.2, 0.25) is 0 Å². The number of likely N-dealkylation sites (tertiary alicyclic amines) is 1. The van der Waals surface area contributed by atoms with E-state index in [2.05, 4.69) is 33.8 Å². The van der Waals surface area contributed by atoms with Gasteiger partial charge >= 0.3 is 0 Å². The second kappa shape index (κ2) is 8.82. The lowest BCUT2D eigenvalue weighted by Gasteiger charge is -2.33. The van der Waals surface area contributed by atoms with Crippen LogP contribution in [0.25, 0.3) is 11.1 Å². The zero-order chi connectivity index (χ0) is 20.2. The Morgan fingerprint density at radius 3 is 2.62 bits per heavy atom. The molecule has 4 rings (SSSR count). The normalized spacial score (nSPS) is 16.8. The molecule has 1 aromatic heterocycles. The maximum Gasteiger partial charge on any atom is 0.254 e. The Balaban J connectivity index is 1.60. The van der Waals surface area contributed by atoms with Crippen LogP contribution in [0.15, 0.2) is 59.8 Å².